The minimum atomic E-state index is -1.12. The summed E-state index contributed by atoms with van der Waals surface area (Å²) in [5, 5.41) is 20.9. The largest absolute Gasteiger partial charge is 0.490 e. The van der Waals surface area contributed by atoms with Gasteiger partial charge >= 0.3 is 5.97 Å². The highest BCUT2D eigenvalue weighted by atomic mass is 16.5. The number of amides is 1. The fourth-order valence-corrected chi connectivity index (χ4v) is 2.37. The van der Waals surface area contributed by atoms with E-state index >= 15 is 0 Å². The fourth-order valence-electron chi connectivity index (χ4n) is 2.37. The number of nitrogens with one attached hydrogen (secondary N) is 1. The Morgan fingerprint density at radius 3 is 2.66 bits per heavy atom. The van der Waals surface area contributed by atoms with Crippen LogP contribution in [0.15, 0.2) is 48.0 Å². The number of nitrogens with zero attached hydrogens (tertiary/aromatic N) is 1. The Morgan fingerprint density at radius 2 is 2.00 bits per heavy atom. The minimum Gasteiger partial charge on any atom is -0.490 e. The van der Waals surface area contributed by atoms with Crippen molar-refractivity contribution in [2.45, 2.75) is 6.92 Å². The quantitative estimate of drug-likeness (QED) is 0.407. The molecule has 1 amide bonds. The predicted octanol–water partition coefficient (Wildman–Crippen LogP) is 3.34. The topological polar surface area (TPSA) is 109 Å². The molecule has 0 aliphatic carbocycles. The van der Waals surface area contributed by atoms with E-state index in [0.717, 1.165) is 0 Å². The Morgan fingerprint density at radius 1 is 1.21 bits per heavy atom. The summed E-state index contributed by atoms with van der Waals surface area (Å²) in [6, 6.07) is 12.5. The van der Waals surface area contributed by atoms with Crippen LogP contribution in [0.1, 0.15) is 22.8 Å². The zero-order valence-corrected chi connectivity index (χ0v) is 15.6. The van der Waals surface area contributed by atoms with Crippen molar-refractivity contribution in [3.8, 4) is 29.9 Å². The molecule has 2 N–H and O–H groups in total. The summed E-state index contributed by atoms with van der Waals surface area (Å²) >= 11 is 0. The molecular weight excluding hydrogens is 372 g/mol. The van der Waals surface area contributed by atoms with Crippen molar-refractivity contribution in [2.24, 2.45) is 0 Å². The zero-order chi connectivity index (χ0) is 21.2. The van der Waals surface area contributed by atoms with Gasteiger partial charge in [0.1, 0.15) is 18.2 Å². The summed E-state index contributed by atoms with van der Waals surface area (Å²) in [6.45, 7) is 2.29. The Kier molecular flexibility index (Phi) is 7.41. The number of carbonyl (C=O) groups excluding carboxylic acids is 1. The van der Waals surface area contributed by atoms with Crippen molar-refractivity contribution in [3.05, 3.63) is 59.2 Å². The molecule has 0 bridgehead atoms. The molecule has 0 radical (unpaired) electrons. The van der Waals surface area contributed by atoms with Crippen LogP contribution in [0.25, 0.3) is 6.08 Å². The summed E-state index contributed by atoms with van der Waals surface area (Å²) in [6.07, 6.45) is 6.59. The summed E-state index contributed by atoms with van der Waals surface area (Å²) in [4.78, 5) is 23.5. The monoisotopic (exact) mass is 390 g/mol. The molecule has 7 heteroatoms. The number of hydrogen-bond donors (Lipinski definition) is 2. The molecular formula is C22H18N2O5. The maximum absolute atomic E-state index is 12.4. The predicted molar refractivity (Wildman–Crippen MR) is 108 cm³/mol. The summed E-state index contributed by atoms with van der Waals surface area (Å²) < 4.78 is 10.9. The molecule has 2 aromatic rings. The lowest BCUT2D eigenvalue weighted by Crippen LogP contribution is -2.14. The standard InChI is InChI=1S/C22H18N2O5/c1-3-10-29-19-9-8-15(12-20(19)28-4-2)11-17(14-23)21(25)24-18-7-5-6-16(13-18)22(26)27/h1,5-9,11-13H,4,10H2,2H3,(H,24,25)(H,26,27)/b17-11-. The van der Waals surface area contributed by atoms with Crippen LogP contribution in [0.4, 0.5) is 5.69 Å². The summed E-state index contributed by atoms with van der Waals surface area (Å²) in [5.74, 6) is 1.47. The van der Waals surface area contributed by atoms with Gasteiger partial charge in [0.25, 0.3) is 5.91 Å². The third kappa shape index (κ3) is 5.88. The molecule has 146 valence electrons. The Balaban J connectivity index is 2.26. The van der Waals surface area contributed by atoms with Crippen LogP contribution in [0, 0.1) is 23.7 Å². The van der Waals surface area contributed by atoms with Crippen LogP contribution < -0.4 is 14.8 Å². The first kappa shape index (κ1) is 21.1. The fraction of sp³-hybridized carbons (Fsp3) is 0.136. The Bertz CT molecular complexity index is 1030. The number of carboxylic acids is 1. The molecule has 7 nitrogen and oxygen atoms in total. The molecule has 29 heavy (non-hydrogen) atoms. The van der Waals surface area contributed by atoms with Gasteiger partial charge in [-0.05, 0) is 48.9 Å². The van der Waals surface area contributed by atoms with Crippen LogP contribution in [-0.2, 0) is 4.79 Å². The molecule has 2 aromatic carbocycles. The van der Waals surface area contributed by atoms with Crippen LogP contribution in [-0.4, -0.2) is 30.2 Å². The van der Waals surface area contributed by atoms with Gasteiger partial charge in [-0.2, -0.15) is 5.26 Å². The number of terminal acetylenes is 1. The van der Waals surface area contributed by atoms with E-state index in [1.807, 2.05) is 13.0 Å². The van der Waals surface area contributed by atoms with Gasteiger partial charge in [-0.3, -0.25) is 4.79 Å². The zero-order valence-electron chi connectivity index (χ0n) is 15.6. The van der Waals surface area contributed by atoms with E-state index in [2.05, 4.69) is 11.2 Å². The number of aromatic carboxylic acids is 1. The van der Waals surface area contributed by atoms with Crippen molar-refractivity contribution in [1.29, 1.82) is 5.26 Å². The van der Waals surface area contributed by atoms with E-state index in [1.54, 1.807) is 18.2 Å². The van der Waals surface area contributed by atoms with Crippen molar-refractivity contribution >= 4 is 23.6 Å². The van der Waals surface area contributed by atoms with Gasteiger partial charge in [-0.1, -0.05) is 18.1 Å². The smallest absolute Gasteiger partial charge is 0.335 e. The van der Waals surface area contributed by atoms with Crippen LogP contribution in [0.2, 0.25) is 0 Å². The third-order valence-corrected chi connectivity index (χ3v) is 3.62. The second-order valence-electron chi connectivity index (χ2n) is 5.64. The number of anilines is 1. The van der Waals surface area contributed by atoms with Gasteiger partial charge < -0.3 is 19.9 Å². The van der Waals surface area contributed by atoms with Gasteiger partial charge in [-0.25, -0.2) is 4.79 Å². The number of carboxylic acid groups (broad SMARTS) is 1. The van der Waals surface area contributed by atoms with Gasteiger partial charge in [0, 0.05) is 5.69 Å². The SMILES string of the molecule is C#CCOc1ccc(/C=C(/C#N)C(=O)Nc2cccc(C(=O)O)c2)cc1OCC. The number of rotatable bonds is 8. The lowest BCUT2D eigenvalue weighted by atomic mass is 10.1. The van der Waals surface area contributed by atoms with Crippen molar-refractivity contribution in [2.75, 3.05) is 18.5 Å². The minimum absolute atomic E-state index is 0.0224. The maximum Gasteiger partial charge on any atom is 0.335 e. The van der Waals surface area contributed by atoms with Crippen LogP contribution in [0.3, 0.4) is 0 Å². The van der Waals surface area contributed by atoms with Crippen molar-refractivity contribution in [1.82, 2.24) is 0 Å². The maximum atomic E-state index is 12.4. The molecule has 0 fully saturated rings. The van der Waals surface area contributed by atoms with E-state index in [0.29, 0.717) is 23.7 Å². The third-order valence-electron chi connectivity index (χ3n) is 3.62. The highest BCUT2D eigenvalue weighted by molar-refractivity contribution is 6.10. The molecule has 0 saturated heterocycles. The lowest BCUT2D eigenvalue weighted by molar-refractivity contribution is -0.112. The molecule has 0 unspecified atom stereocenters. The van der Waals surface area contributed by atoms with Gasteiger partial charge in [0.2, 0.25) is 0 Å². The Hall–Kier alpha value is -4.23. The highest BCUT2D eigenvalue weighted by Crippen LogP contribution is 2.29. The first-order chi connectivity index (χ1) is 14.0. The average Bonchev–Trinajstić information content (AvgIpc) is 2.71. The van der Waals surface area contributed by atoms with Crippen LogP contribution >= 0.6 is 0 Å². The number of ether oxygens (including phenoxy) is 2. The molecule has 0 spiro atoms. The highest BCUT2D eigenvalue weighted by Gasteiger charge is 2.12. The second-order valence-corrected chi connectivity index (χ2v) is 5.64. The van der Waals surface area contributed by atoms with Crippen LogP contribution in [0.5, 0.6) is 11.5 Å². The summed E-state index contributed by atoms with van der Waals surface area (Å²) in [7, 11) is 0. The average molecular weight is 390 g/mol. The van der Waals surface area contributed by atoms with Crippen molar-refractivity contribution in [3.63, 3.8) is 0 Å². The van der Waals surface area contributed by atoms with E-state index in [9.17, 15) is 14.9 Å². The molecule has 2 rings (SSSR count). The molecule has 0 atom stereocenters. The molecule has 0 heterocycles. The number of hydrogen-bond acceptors (Lipinski definition) is 5. The van der Waals surface area contributed by atoms with E-state index in [1.165, 1.54) is 30.3 Å². The van der Waals surface area contributed by atoms with Gasteiger partial charge in [0.15, 0.2) is 11.5 Å². The number of carbonyl (C=O) groups is 2. The normalized spacial score (nSPS) is 10.4. The van der Waals surface area contributed by atoms with E-state index in [-0.39, 0.29) is 23.4 Å². The molecule has 0 saturated carbocycles. The first-order valence-corrected chi connectivity index (χ1v) is 8.58. The van der Waals surface area contributed by atoms with Crippen molar-refractivity contribution < 1.29 is 24.2 Å². The lowest BCUT2D eigenvalue weighted by Gasteiger charge is -2.11. The molecule has 0 aliphatic rings. The second kappa shape index (κ2) is 10.2. The summed E-state index contributed by atoms with van der Waals surface area (Å²) in [5.41, 5.74) is 0.677. The molecule has 0 aromatic heterocycles. The van der Waals surface area contributed by atoms with Gasteiger partial charge in [-0.15, -0.1) is 6.42 Å². The Labute approximate surface area is 168 Å². The van der Waals surface area contributed by atoms with E-state index < -0.39 is 11.9 Å². The molecule has 0 aliphatic heterocycles. The number of benzene rings is 2. The van der Waals surface area contributed by atoms with Gasteiger partial charge in [0.05, 0.1) is 12.2 Å². The first-order valence-electron chi connectivity index (χ1n) is 8.58. The van der Waals surface area contributed by atoms with E-state index in [4.69, 9.17) is 21.0 Å². The number of nitriles is 1.